The number of amides is 1. The Morgan fingerprint density at radius 3 is 2.72 bits per heavy atom. The van der Waals surface area contributed by atoms with Gasteiger partial charge >= 0.3 is 0 Å². The highest BCUT2D eigenvalue weighted by atomic mass is 16.5. The van der Waals surface area contributed by atoms with Gasteiger partial charge in [-0.2, -0.15) is 0 Å². The lowest BCUT2D eigenvalue weighted by atomic mass is 10.0. The minimum absolute atomic E-state index is 0.0905. The van der Waals surface area contributed by atoms with Crippen LogP contribution < -0.4 is 5.32 Å². The standard InChI is InChI=1S/C25H29N5O2/c1-4-7-18(2)22(29-12-14-32-15-13-29)16-28-24(31)20-17-30(25-26-10-6-11-27-25)21-9-5-8-19(3)23(20)21/h4-11,17,22H,1,12-16H2,2-3H3,(H,28,31)/b18-7+. The second-order valence-electron chi connectivity index (χ2n) is 7.95. The summed E-state index contributed by atoms with van der Waals surface area (Å²) < 4.78 is 7.38. The molecule has 1 atom stereocenters. The van der Waals surface area contributed by atoms with E-state index in [1.165, 1.54) is 5.57 Å². The first-order chi connectivity index (χ1) is 15.6. The number of benzene rings is 1. The molecule has 0 aliphatic carbocycles. The lowest BCUT2D eigenvalue weighted by Crippen LogP contribution is -2.49. The van der Waals surface area contributed by atoms with Gasteiger partial charge in [0.05, 0.1) is 24.3 Å². The van der Waals surface area contributed by atoms with Gasteiger partial charge in [-0.05, 0) is 31.5 Å². The van der Waals surface area contributed by atoms with Gasteiger partial charge in [0.25, 0.3) is 5.91 Å². The first kappa shape index (κ1) is 21.9. The van der Waals surface area contributed by atoms with E-state index < -0.39 is 0 Å². The molecule has 32 heavy (non-hydrogen) atoms. The molecule has 1 aromatic carbocycles. The number of fused-ring (bicyclic) bond motifs is 1. The Balaban J connectivity index is 1.63. The van der Waals surface area contributed by atoms with Crippen molar-refractivity contribution in [3.63, 3.8) is 0 Å². The molecule has 0 radical (unpaired) electrons. The fourth-order valence-electron chi connectivity index (χ4n) is 4.27. The number of ether oxygens (including phenoxy) is 1. The number of nitrogens with zero attached hydrogens (tertiary/aromatic N) is 4. The molecule has 166 valence electrons. The molecule has 3 heterocycles. The molecule has 0 bridgehead atoms. The summed E-state index contributed by atoms with van der Waals surface area (Å²) in [6.07, 6.45) is 9.03. The second-order valence-corrected chi connectivity index (χ2v) is 7.95. The Morgan fingerprint density at radius 1 is 1.25 bits per heavy atom. The average molecular weight is 432 g/mol. The van der Waals surface area contributed by atoms with Crippen LogP contribution in [0.1, 0.15) is 22.8 Å². The highest BCUT2D eigenvalue weighted by Crippen LogP contribution is 2.27. The smallest absolute Gasteiger partial charge is 0.253 e. The maximum absolute atomic E-state index is 13.4. The van der Waals surface area contributed by atoms with Gasteiger partial charge in [0, 0.05) is 49.7 Å². The van der Waals surface area contributed by atoms with E-state index in [4.69, 9.17) is 4.74 Å². The van der Waals surface area contributed by atoms with E-state index in [-0.39, 0.29) is 11.9 Å². The molecule has 1 N–H and O–H groups in total. The fourth-order valence-corrected chi connectivity index (χ4v) is 4.27. The highest BCUT2D eigenvalue weighted by molar-refractivity contribution is 6.08. The summed E-state index contributed by atoms with van der Waals surface area (Å²) in [7, 11) is 0. The number of allylic oxidation sites excluding steroid dienone is 2. The molecule has 4 rings (SSSR count). The summed E-state index contributed by atoms with van der Waals surface area (Å²) >= 11 is 0. The number of hydrogen-bond donors (Lipinski definition) is 1. The highest BCUT2D eigenvalue weighted by Gasteiger charge is 2.24. The van der Waals surface area contributed by atoms with Crippen molar-refractivity contribution in [1.29, 1.82) is 0 Å². The zero-order valence-corrected chi connectivity index (χ0v) is 18.6. The Labute approximate surface area is 188 Å². The third-order valence-corrected chi connectivity index (χ3v) is 5.90. The number of nitrogens with one attached hydrogen (secondary N) is 1. The summed E-state index contributed by atoms with van der Waals surface area (Å²) in [6.45, 7) is 11.5. The Morgan fingerprint density at radius 2 is 2.00 bits per heavy atom. The molecular weight excluding hydrogens is 402 g/mol. The van der Waals surface area contributed by atoms with E-state index in [9.17, 15) is 4.79 Å². The number of carbonyl (C=O) groups is 1. The van der Waals surface area contributed by atoms with Crippen LogP contribution in [0.25, 0.3) is 16.9 Å². The molecule has 2 aromatic heterocycles. The van der Waals surface area contributed by atoms with Crippen LogP contribution in [-0.2, 0) is 4.74 Å². The van der Waals surface area contributed by atoms with Gasteiger partial charge < -0.3 is 10.1 Å². The molecule has 1 saturated heterocycles. The Hall–Kier alpha value is -3.29. The summed E-state index contributed by atoms with van der Waals surface area (Å²) in [5, 5.41) is 4.08. The summed E-state index contributed by atoms with van der Waals surface area (Å²) in [5.74, 6) is 0.432. The largest absolute Gasteiger partial charge is 0.379 e. The summed E-state index contributed by atoms with van der Waals surface area (Å²) in [5.41, 5.74) is 3.73. The van der Waals surface area contributed by atoms with E-state index in [1.807, 2.05) is 42.0 Å². The lowest BCUT2D eigenvalue weighted by molar-refractivity contribution is 0.0237. The Kier molecular flexibility index (Phi) is 6.78. The number of rotatable bonds is 7. The second kappa shape index (κ2) is 9.89. The van der Waals surface area contributed by atoms with E-state index in [1.54, 1.807) is 24.5 Å². The predicted octanol–water partition coefficient (Wildman–Crippen LogP) is 3.29. The van der Waals surface area contributed by atoms with Crippen molar-refractivity contribution in [2.24, 2.45) is 0 Å². The quantitative estimate of drug-likeness (QED) is 0.581. The molecule has 1 aliphatic heterocycles. The molecule has 0 spiro atoms. The molecule has 0 saturated carbocycles. The third-order valence-electron chi connectivity index (χ3n) is 5.90. The van der Waals surface area contributed by atoms with Crippen LogP contribution in [0.5, 0.6) is 0 Å². The van der Waals surface area contributed by atoms with Crippen molar-refractivity contribution in [3.8, 4) is 5.95 Å². The van der Waals surface area contributed by atoms with Gasteiger partial charge in [0.1, 0.15) is 0 Å². The van der Waals surface area contributed by atoms with E-state index in [0.29, 0.717) is 31.3 Å². The number of hydrogen-bond acceptors (Lipinski definition) is 5. The van der Waals surface area contributed by atoms with Gasteiger partial charge in [0.15, 0.2) is 0 Å². The third kappa shape index (κ3) is 4.49. The number of morpholine rings is 1. The molecule has 1 amide bonds. The van der Waals surface area contributed by atoms with Gasteiger partial charge in [-0.15, -0.1) is 0 Å². The van der Waals surface area contributed by atoms with Gasteiger partial charge in [0.2, 0.25) is 5.95 Å². The average Bonchev–Trinajstić information content (AvgIpc) is 3.22. The van der Waals surface area contributed by atoms with E-state index in [0.717, 1.165) is 29.6 Å². The van der Waals surface area contributed by atoms with Crippen molar-refractivity contribution < 1.29 is 9.53 Å². The van der Waals surface area contributed by atoms with Crippen LogP contribution >= 0.6 is 0 Å². The SMILES string of the molecule is C=C/C=C(\C)C(CNC(=O)c1cn(-c2ncccn2)c2cccc(C)c12)N1CCOCC1. The van der Waals surface area contributed by atoms with Gasteiger partial charge in [-0.1, -0.05) is 36.4 Å². The molecule has 1 unspecified atom stereocenters. The van der Waals surface area contributed by atoms with Crippen LogP contribution in [0.2, 0.25) is 0 Å². The van der Waals surface area contributed by atoms with Crippen molar-refractivity contribution in [2.45, 2.75) is 19.9 Å². The fraction of sp³-hybridized carbons (Fsp3) is 0.320. The first-order valence-corrected chi connectivity index (χ1v) is 10.9. The van der Waals surface area contributed by atoms with Crippen LogP contribution in [0.3, 0.4) is 0 Å². The minimum Gasteiger partial charge on any atom is -0.379 e. The maximum Gasteiger partial charge on any atom is 0.253 e. The van der Waals surface area contributed by atoms with Crippen LogP contribution in [-0.4, -0.2) is 64.2 Å². The van der Waals surface area contributed by atoms with Gasteiger partial charge in [-0.3, -0.25) is 14.3 Å². The topological polar surface area (TPSA) is 72.3 Å². The van der Waals surface area contributed by atoms with Crippen LogP contribution in [0, 0.1) is 6.92 Å². The number of carbonyl (C=O) groups excluding carboxylic acids is 1. The van der Waals surface area contributed by atoms with Crippen molar-refractivity contribution in [1.82, 2.24) is 24.8 Å². The van der Waals surface area contributed by atoms with Crippen molar-refractivity contribution in [2.75, 3.05) is 32.8 Å². The molecule has 3 aromatic rings. The summed E-state index contributed by atoms with van der Waals surface area (Å²) in [4.78, 5) is 24.5. The normalized spacial score (nSPS) is 16.1. The Bertz CT molecular complexity index is 1130. The van der Waals surface area contributed by atoms with E-state index >= 15 is 0 Å². The number of aryl methyl sites for hydroxylation is 1. The maximum atomic E-state index is 13.4. The monoisotopic (exact) mass is 431 g/mol. The summed E-state index contributed by atoms with van der Waals surface area (Å²) in [6, 6.07) is 7.86. The lowest BCUT2D eigenvalue weighted by Gasteiger charge is -2.35. The van der Waals surface area contributed by atoms with Crippen LogP contribution in [0.15, 0.2) is 67.2 Å². The minimum atomic E-state index is -0.108. The predicted molar refractivity (Wildman–Crippen MR) is 126 cm³/mol. The molecule has 1 fully saturated rings. The molecule has 7 heteroatoms. The molecule has 1 aliphatic rings. The van der Waals surface area contributed by atoms with Gasteiger partial charge in [-0.25, -0.2) is 9.97 Å². The molecule has 7 nitrogen and oxygen atoms in total. The van der Waals surface area contributed by atoms with E-state index in [2.05, 4.69) is 33.7 Å². The van der Waals surface area contributed by atoms with Crippen LogP contribution in [0.4, 0.5) is 0 Å². The van der Waals surface area contributed by atoms with Crippen molar-refractivity contribution >= 4 is 16.8 Å². The number of aromatic nitrogens is 3. The zero-order valence-electron chi connectivity index (χ0n) is 18.6. The van der Waals surface area contributed by atoms with Crippen molar-refractivity contribution in [3.05, 3.63) is 78.3 Å². The molecular formula is C25H29N5O2. The first-order valence-electron chi connectivity index (χ1n) is 10.9. The zero-order chi connectivity index (χ0) is 22.5.